The Morgan fingerprint density at radius 1 is 1.29 bits per heavy atom. The molecule has 21 heavy (non-hydrogen) atoms. The summed E-state index contributed by atoms with van der Waals surface area (Å²) in [6.07, 6.45) is 0.863. The van der Waals surface area contributed by atoms with Crippen molar-refractivity contribution in [1.82, 2.24) is 10.2 Å². The number of aliphatic carboxylic acids is 1. The molecule has 1 heterocycles. The van der Waals surface area contributed by atoms with Gasteiger partial charge in [0.1, 0.15) is 5.75 Å². The van der Waals surface area contributed by atoms with Crippen LogP contribution in [0.4, 0.5) is 4.79 Å². The maximum absolute atomic E-state index is 11.7. The van der Waals surface area contributed by atoms with Crippen molar-refractivity contribution >= 4 is 12.0 Å². The van der Waals surface area contributed by atoms with E-state index in [4.69, 9.17) is 9.84 Å². The first-order valence-corrected chi connectivity index (χ1v) is 7.07. The van der Waals surface area contributed by atoms with E-state index in [0.29, 0.717) is 26.2 Å². The number of nitrogens with zero attached hydrogens (tertiary/aromatic N) is 1. The van der Waals surface area contributed by atoms with Crippen LogP contribution >= 0.6 is 0 Å². The van der Waals surface area contributed by atoms with Gasteiger partial charge in [-0.2, -0.15) is 0 Å². The Bertz CT molecular complexity index is 472. The van der Waals surface area contributed by atoms with E-state index in [-0.39, 0.29) is 18.4 Å². The van der Waals surface area contributed by atoms with Gasteiger partial charge in [-0.1, -0.05) is 18.2 Å². The normalized spacial score (nSPS) is 14.4. The predicted molar refractivity (Wildman–Crippen MR) is 77.3 cm³/mol. The maximum Gasteiger partial charge on any atom is 0.317 e. The SMILES string of the molecule is O=C(O)CC1CN(C(=O)NCCCOc2ccccc2)C1. The number of benzene rings is 1. The van der Waals surface area contributed by atoms with Crippen molar-refractivity contribution in [3.63, 3.8) is 0 Å². The molecule has 1 aromatic rings. The molecule has 0 saturated carbocycles. The minimum Gasteiger partial charge on any atom is -0.494 e. The summed E-state index contributed by atoms with van der Waals surface area (Å²) < 4.78 is 5.52. The summed E-state index contributed by atoms with van der Waals surface area (Å²) in [4.78, 5) is 23.9. The molecule has 0 aromatic heterocycles. The second-order valence-corrected chi connectivity index (χ2v) is 5.12. The zero-order valence-electron chi connectivity index (χ0n) is 11.8. The Balaban J connectivity index is 1.51. The summed E-state index contributed by atoms with van der Waals surface area (Å²) in [7, 11) is 0. The molecule has 2 rings (SSSR count). The number of carboxylic acid groups (broad SMARTS) is 1. The highest BCUT2D eigenvalue weighted by molar-refractivity contribution is 5.75. The van der Waals surface area contributed by atoms with Crippen LogP contribution in [0.1, 0.15) is 12.8 Å². The molecule has 1 aliphatic rings. The number of rotatable bonds is 7. The molecule has 0 radical (unpaired) electrons. The number of para-hydroxylation sites is 1. The summed E-state index contributed by atoms with van der Waals surface area (Å²) in [6.45, 7) is 2.15. The molecule has 2 amide bonds. The molecule has 114 valence electrons. The van der Waals surface area contributed by atoms with Gasteiger partial charge in [0.15, 0.2) is 0 Å². The Morgan fingerprint density at radius 2 is 2.00 bits per heavy atom. The third-order valence-electron chi connectivity index (χ3n) is 3.32. The number of carbonyl (C=O) groups excluding carboxylic acids is 1. The van der Waals surface area contributed by atoms with Crippen LogP contribution in [0, 0.1) is 5.92 Å². The van der Waals surface area contributed by atoms with Gasteiger partial charge in [0.2, 0.25) is 0 Å². The summed E-state index contributed by atoms with van der Waals surface area (Å²) in [5.41, 5.74) is 0. The number of carboxylic acids is 1. The average molecular weight is 292 g/mol. The van der Waals surface area contributed by atoms with Gasteiger partial charge >= 0.3 is 12.0 Å². The molecule has 1 saturated heterocycles. The van der Waals surface area contributed by atoms with Crippen LogP contribution in [-0.4, -0.2) is 48.2 Å². The second-order valence-electron chi connectivity index (χ2n) is 5.12. The van der Waals surface area contributed by atoms with Gasteiger partial charge in [0.25, 0.3) is 0 Å². The van der Waals surface area contributed by atoms with Crippen LogP contribution in [0.5, 0.6) is 5.75 Å². The molecule has 6 nitrogen and oxygen atoms in total. The number of amides is 2. The lowest BCUT2D eigenvalue weighted by molar-refractivity contribution is -0.139. The number of hydrogen-bond donors (Lipinski definition) is 2. The summed E-state index contributed by atoms with van der Waals surface area (Å²) >= 11 is 0. The third-order valence-corrected chi connectivity index (χ3v) is 3.32. The lowest BCUT2D eigenvalue weighted by Gasteiger charge is -2.38. The molecule has 0 atom stereocenters. The second kappa shape index (κ2) is 7.52. The smallest absolute Gasteiger partial charge is 0.317 e. The van der Waals surface area contributed by atoms with Crippen molar-refractivity contribution in [2.24, 2.45) is 5.92 Å². The van der Waals surface area contributed by atoms with Crippen molar-refractivity contribution in [3.8, 4) is 5.75 Å². The van der Waals surface area contributed by atoms with Gasteiger partial charge in [-0.25, -0.2) is 4.79 Å². The van der Waals surface area contributed by atoms with Crippen LogP contribution < -0.4 is 10.1 Å². The number of likely N-dealkylation sites (tertiary alicyclic amines) is 1. The predicted octanol–water partition coefficient (Wildman–Crippen LogP) is 1.57. The zero-order valence-corrected chi connectivity index (χ0v) is 11.8. The maximum atomic E-state index is 11.7. The standard InChI is InChI=1S/C15H20N2O4/c18-14(19)9-12-10-17(11-12)15(20)16-7-4-8-21-13-5-2-1-3-6-13/h1-3,5-6,12H,4,7-11H2,(H,16,20)(H,18,19). The summed E-state index contributed by atoms with van der Waals surface area (Å²) in [6, 6.07) is 9.40. The fourth-order valence-corrected chi connectivity index (χ4v) is 2.20. The van der Waals surface area contributed by atoms with E-state index in [1.54, 1.807) is 4.90 Å². The highest BCUT2D eigenvalue weighted by Gasteiger charge is 2.31. The molecule has 1 aliphatic heterocycles. The molecule has 0 spiro atoms. The van der Waals surface area contributed by atoms with E-state index in [9.17, 15) is 9.59 Å². The molecule has 0 aliphatic carbocycles. The van der Waals surface area contributed by atoms with Crippen molar-refractivity contribution < 1.29 is 19.4 Å². The quantitative estimate of drug-likeness (QED) is 0.748. The monoisotopic (exact) mass is 292 g/mol. The Hall–Kier alpha value is -2.24. The Morgan fingerprint density at radius 3 is 2.67 bits per heavy atom. The summed E-state index contributed by atoms with van der Waals surface area (Å²) in [5.74, 6) is 0.107. The molecule has 1 aromatic carbocycles. The Labute approximate surface area is 123 Å². The van der Waals surface area contributed by atoms with Crippen LogP contribution in [-0.2, 0) is 4.79 Å². The number of ether oxygens (including phenoxy) is 1. The number of hydrogen-bond acceptors (Lipinski definition) is 3. The van der Waals surface area contributed by atoms with Gasteiger partial charge in [-0.05, 0) is 18.6 Å². The minimum atomic E-state index is -0.807. The van der Waals surface area contributed by atoms with E-state index in [0.717, 1.165) is 12.2 Å². The highest BCUT2D eigenvalue weighted by atomic mass is 16.5. The van der Waals surface area contributed by atoms with Crippen LogP contribution in [0.25, 0.3) is 0 Å². The lowest BCUT2D eigenvalue weighted by atomic mass is 9.97. The van der Waals surface area contributed by atoms with Gasteiger partial charge in [0.05, 0.1) is 13.0 Å². The van der Waals surface area contributed by atoms with Crippen molar-refractivity contribution in [2.75, 3.05) is 26.2 Å². The minimum absolute atomic E-state index is 0.0923. The van der Waals surface area contributed by atoms with Crippen molar-refractivity contribution in [1.29, 1.82) is 0 Å². The van der Waals surface area contributed by atoms with Crippen LogP contribution in [0.15, 0.2) is 30.3 Å². The first kappa shape index (κ1) is 15.2. The first-order chi connectivity index (χ1) is 10.1. The third kappa shape index (κ3) is 4.98. The van der Waals surface area contributed by atoms with E-state index in [2.05, 4.69) is 5.32 Å². The molecular formula is C15H20N2O4. The van der Waals surface area contributed by atoms with Gasteiger partial charge in [-0.3, -0.25) is 4.79 Å². The fourth-order valence-electron chi connectivity index (χ4n) is 2.20. The zero-order chi connectivity index (χ0) is 15.1. The molecule has 2 N–H and O–H groups in total. The van der Waals surface area contributed by atoms with Gasteiger partial charge in [0, 0.05) is 25.6 Å². The van der Waals surface area contributed by atoms with Gasteiger partial charge in [-0.15, -0.1) is 0 Å². The van der Waals surface area contributed by atoms with E-state index < -0.39 is 5.97 Å². The molecule has 0 unspecified atom stereocenters. The molecule has 1 fully saturated rings. The van der Waals surface area contributed by atoms with Crippen LogP contribution in [0.2, 0.25) is 0 Å². The molecular weight excluding hydrogens is 272 g/mol. The topological polar surface area (TPSA) is 78.9 Å². The number of carbonyl (C=O) groups is 2. The van der Waals surface area contributed by atoms with E-state index in [1.807, 2.05) is 30.3 Å². The van der Waals surface area contributed by atoms with Gasteiger partial charge < -0.3 is 20.1 Å². The van der Waals surface area contributed by atoms with Crippen molar-refractivity contribution in [2.45, 2.75) is 12.8 Å². The molecule has 6 heteroatoms. The average Bonchev–Trinajstić information content (AvgIpc) is 2.42. The number of nitrogens with one attached hydrogen (secondary N) is 1. The Kier molecular flexibility index (Phi) is 5.43. The van der Waals surface area contributed by atoms with Crippen molar-refractivity contribution in [3.05, 3.63) is 30.3 Å². The number of urea groups is 1. The first-order valence-electron chi connectivity index (χ1n) is 7.07. The van der Waals surface area contributed by atoms with Crippen LogP contribution in [0.3, 0.4) is 0 Å². The largest absolute Gasteiger partial charge is 0.494 e. The molecule has 0 bridgehead atoms. The summed E-state index contributed by atoms with van der Waals surface area (Å²) in [5, 5.41) is 11.4. The highest BCUT2D eigenvalue weighted by Crippen LogP contribution is 2.18. The fraction of sp³-hybridized carbons (Fsp3) is 0.467. The van der Waals surface area contributed by atoms with E-state index >= 15 is 0 Å². The lowest BCUT2D eigenvalue weighted by Crippen LogP contribution is -2.54. The van der Waals surface area contributed by atoms with E-state index in [1.165, 1.54) is 0 Å².